The van der Waals surface area contributed by atoms with Crippen LogP contribution in [0.5, 0.6) is 0 Å². The molecule has 0 saturated carbocycles. The molecule has 2 atom stereocenters. The van der Waals surface area contributed by atoms with Gasteiger partial charge in [-0.3, -0.25) is 4.90 Å². The van der Waals surface area contributed by atoms with Gasteiger partial charge in [-0.1, -0.05) is 15.9 Å². The highest BCUT2D eigenvalue weighted by molar-refractivity contribution is 9.10. The number of nitrogens with zero attached hydrogens (tertiary/aromatic N) is 1. The summed E-state index contributed by atoms with van der Waals surface area (Å²) in [5.41, 5.74) is 2.57. The standard InChI is InChI=1S/C14H19BrN2/c1-10-7-11(15)9-12(8-10)16-13-4-6-17-5-2-3-14(13)17/h7-9,13-14,16H,2-6H2,1H3. The average molecular weight is 295 g/mol. The molecule has 0 bridgehead atoms. The van der Waals surface area contributed by atoms with Crippen LogP contribution in [0.2, 0.25) is 0 Å². The predicted octanol–water partition coefficient (Wildman–Crippen LogP) is 3.41. The number of nitrogens with one attached hydrogen (secondary N) is 1. The number of anilines is 1. The topological polar surface area (TPSA) is 15.3 Å². The van der Waals surface area contributed by atoms with E-state index >= 15 is 0 Å². The van der Waals surface area contributed by atoms with Gasteiger partial charge in [0.1, 0.15) is 0 Å². The van der Waals surface area contributed by atoms with Crippen LogP contribution < -0.4 is 5.32 Å². The molecule has 0 amide bonds. The zero-order chi connectivity index (χ0) is 11.8. The number of fused-ring (bicyclic) bond motifs is 1. The fraction of sp³-hybridized carbons (Fsp3) is 0.571. The Morgan fingerprint density at radius 3 is 2.94 bits per heavy atom. The molecule has 92 valence electrons. The summed E-state index contributed by atoms with van der Waals surface area (Å²) < 4.78 is 1.17. The quantitative estimate of drug-likeness (QED) is 0.899. The Morgan fingerprint density at radius 2 is 2.12 bits per heavy atom. The van der Waals surface area contributed by atoms with E-state index in [1.807, 2.05) is 0 Å². The molecular formula is C14H19BrN2. The normalized spacial score (nSPS) is 28.4. The van der Waals surface area contributed by atoms with Crippen LogP contribution in [-0.4, -0.2) is 30.1 Å². The Labute approximate surface area is 112 Å². The first-order valence-corrected chi connectivity index (χ1v) is 7.29. The van der Waals surface area contributed by atoms with Crippen molar-refractivity contribution in [1.82, 2.24) is 4.90 Å². The summed E-state index contributed by atoms with van der Waals surface area (Å²) in [7, 11) is 0. The van der Waals surface area contributed by atoms with Crippen LogP contribution in [0.4, 0.5) is 5.69 Å². The minimum Gasteiger partial charge on any atom is -0.381 e. The summed E-state index contributed by atoms with van der Waals surface area (Å²) in [4.78, 5) is 2.64. The Bertz CT molecular complexity index is 398. The number of benzene rings is 1. The lowest BCUT2D eigenvalue weighted by atomic mass is 10.1. The molecule has 2 saturated heterocycles. The second kappa shape index (κ2) is 4.62. The van der Waals surface area contributed by atoms with Crippen molar-refractivity contribution in [2.45, 2.75) is 38.3 Å². The van der Waals surface area contributed by atoms with E-state index in [1.165, 1.54) is 48.1 Å². The van der Waals surface area contributed by atoms with Gasteiger partial charge >= 0.3 is 0 Å². The van der Waals surface area contributed by atoms with Crippen LogP contribution in [0.3, 0.4) is 0 Å². The highest BCUT2D eigenvalue weighted by Gasteiger charge is 2.36. The molecule has 1 aromatic carbocycles. The van der Waals surface area contributed by atoms with Crippen molar-refractivity contribution >= 4 is 21.6 Å². The second-order valence-corrected chi connectivity index (χ2v) is 6.22. The van der Waals surface area contributed by atoms with E-state index in [9.17, 15) is 0 Å². The molecule has 0 aromatic heterocycles. The van der Waals surface area contributed by atoms with Crippen molar-refractivity contribution in [2.24, 2.45) is 0 Å². The van der Waals surface area contributed by atoms with E-state index in [0.717, 1.165) is 6.04 Å². The second-order valence-electron chi connectivity index (χ2n) is 5.30. The zero-order valence-electron chi connectivity index (χ0n) is 10.2. The molecule has 2 fully saturated rings. The fourth-order valence-corrected chi connectivity index (χ4v) is 3.89. The molecule has 1 aromatic rings. The molecule has 3 rings (SSSR count). The molecular weight excluding hydrogens is 276 g/mol. The third-order valence-electron chi connectivity index (χ3n) is 4.00. The SMILES string of the molecule is Cc1cc(Br)cc(NC2CCN3CCCC23)c1. The van der Waals surface area contributed by atoms with Crippen molar-refractivity contribution < 1.29 is 0 Å². The number of aryl methyl sites for hydroxylation is 1. The molecule has 0 aliphatic carbocycles. The third kappa shape index (κ3) is 2.36. The lowest BCUT2D eigenvalue weighted by Gasteiger charge is -2.22. The molecule has 2 aliphatic heterocycles. The summed E-state index contributed by atoms with van der Waals surface area (Å²) in [5, 5.41) is 3.72. The summed E-state index contributed by atoms with van der Waals surface area (Å²) in [6, 6.07) is 8.00. The van der Waals surface area contributed by atoms with Gasteiger partial charge in [-0.15, -0.1) is 0 Å². The van der Waals surface area contributed by atoms with Gasteiger partial charge < -0.3 is 5.32 Å². The molecule has 1 N–H and O–H groups in total. The molecule has 2 nitrogen and oxygen atoms in total. The number of hydrogen-bond donors (Lipinski definition) is 1. The molecule has 17 heavy (non-hydrogen) atoms. The Hall–Kier alpha value is -0.540. The maximum Gasteiger partial charge on any atom is 0.0429 e. The zero-order valence-corrected chi connectivity index (χ0v) is 11.8. The fourth-order valence-electron chi connectivity index (χ4n) is 3.28. The van der Waals surface area contributed by atoms with Gasteiger partial charge in [-0.05, 0) is 56.5 Å². The van der Waals surface area contributed by atoms with Crippen LogP contribution in [-0.2, 0) is 0 Å². The van der Waals surface area contributed by atoms with Gasteiger partial charge in [0.25, 0.3) is 0 Å². The average Bonchev–Trinajstić information content (AvgIpc) is 2.81. The van der Waals surface area contributed by atoms with Crippen LogP contribution in [0, 0.1) is 6.92 Å². The largest absolute Gasteiger partial charge is 0.381 e. The molecule has 3 heteroatoms. The molecule has 2 aliphatic rings. The van der Waals surface area contributed by atoms with Crippen molar-refractivity contribution in [2.75, 3.05) is 18.4 Å². The Balaban J connectivity index is 1.74. The molecule has 0 radical (unpaired) electrons. The van der Waals surface area contributed by atoms with E-state index in [-0.39, 0.29) is 0 Å². The van der Waals surface area contributed by atoms with E-state index in [4.69, 9.17) is 0 Å². The molecule has 2 unspecified atom stereocenters. The van der Waals surface area contributed by atoms with Gasteiger partial charge in [0, 0.05) is 28.8 Å². The summed E-state index contributed by atoms with van der Waals surface area (Å²) >= 11 is 3.57. The summed E-state index contributed by atoms with van der Waals surface area (Å²) in [5.74, 6) is 0. The Morgan fingerprint density at radius 1 is 1.24 bits per heavy atom. The first-order valence-electron chi connectivity index (χ1n) is 6.50. The van der Waals surface area contributed by atoms with Gasteiger partial charge in [0.05, 0.1) is 0 Å². The number of rotatable bonds is 2. The maximum atomic E-state index is 3.72. The molecule has 2 heterocycles. The van der Waals surface area contributed by atoms with Crippen LogP contribution in [0.1, 0.15) is 24.8 Å². The lowest BCUT2D eigenvalue weighted by molar-refractivity contribution is 0.318. The highest BCUT2D eigenvalue weighted by atomic mass is 79.9. The van der Waals surface area contributed by atoms with Crippen LogP contribution in [0.25, 0.3) is 0 Å². The predicted molar refractivity (Wildman–Crippen MR) is 75.5 cm³/mol. The monoisotopic (exact) mass is 294 g/mol. The number of hydrogen-bond acceptors (Lipinski definition) is 2. The number of halogens is 1. The summed E-state index contributed by atoms with van der Waals surface area (Å²) in [6.07, 6.45) is 4.03. The smallest absolute Gasteiger partial charge is 0.0429 e. The minimum absolute atomic E-state index is 0.645. The van der Waals surface area contributed by atoms with Gasteiger partial charge in [-0.25, -0.2) is 0 Å². The highest BCUT2D eigenvalue weighted by Crippen LogP contribution is 2.30. The first-order chi connectivity index (χ1) is 8.22. The lowest BCUT2D eigenvalue weighted by Crippen LogP contribution is -2.33. The van der Waals surface area contributed by atoms with Crippen LogP contribution in [0.15, 0.2) is 22.7 Å². The van der Waals surface area contributed by atoms with Crippen molar-refractivity contribution in [3.05, 3.63) is 28.2 Å². The van der Waals surface area contributed by atoms with E-state index < -0.39 is 0 Å². The van der Waals surface area contributed by atoms with Gasteiger partial charge in [0.2, 0.25) is 0 Å². The van der Waals surface area contributed by atoms with E-state index in [0.29, 0.717) is 6.04 Å². The first kappa shape index (κ1) is 11.5. The summed E-state index contributed by atoms with van der Waals surface area (Å²) in [6.45, 7) is 4.72. The van der Waals surface area contributed by atoms with E-state index in [2.05, 4.69) is 51.3 Å². The molecule has 0 spiro atoms. The van der Waals surface area contributed by atoms with Crippen molar-refractivity contribution in [3.63, 3.8) is 0 Å². The minimum atomic E-state index is 0.645. The third-order valence-corrected chi connectivity index (χ3v) is 4.46. The Kier molecular flexibility index (Phi) is 3.14. The van der Waals surface area contributed by atoms with E-state index in [1.54, 1.807) is 0 Å². The maximum absolute atomic E-state index is 3.72. The van der Waals surface area contributed by atoms with Crippen molar-refractivity contribution in [3.8, 4) is 0 Å². The van der Waals surface area contributed by atoms with Gasteiger partial charge in [-0.2, -0.15) is 0 Å². The van der Waals surface area contributed by atoms with Gasteiger partial charge in [0.15, 0.2) is 0 Å². The van der Waals surface area contributed by atoms with Crippen molar-refractivity contribution in [1.29, 1.82) is 0 Å². The van der Waals surface area contributed by atoms with Crippen LogP contribution >= 0.6 is 15.9 Å².